The number of rotatable bonds is 6. The van der Waals surface area contributed by atoms with Crippen LogP contribution < -0.4 is 5.32 Å². The molecule has 1 aromatic heterocycles. The SMILES string of the molecule is CCCCN1CCC(NCc2cn(C(C)(C)C)nn2)CC1. The summed E-state index contributed by atoms with van der Waals surface area (Å²) < 4.78 is 1.94. The van der Waals surface area contributed by atoms with Crippen molar-refractivity contribution in [3.05, 3.63) is 11.9 Å². The van der Waals surface area contributed by atoms with E-state index >= 15 is 0 Å². The molecule has 0 spiro atoms. The van der Waals surface area contributed by atoms with Crippen LogP contribution in [0.1, 0.15) is 59.1 Å². The van der Waals surface area contributed by atoms with Gasteiger partial charge in [0.25, 0.3) is 0 Å². The van der Waals surface area contributed by atoms with E-state index < -0.39 is 0 Å². The molecule has 0 radical (unpaired) electrons. The molecule has 2 heterocycles. The van der Waals surface area contributed by atoms with E-state index in [-0.39, 0.29) is 5.54 Å². The lowest BCUT2D eigenvalue weighted by Gasteiger charge is -2.32. The minimum Gasteiger partial charge on any atom is -0.308 e. The van der Waals surface area contributed by atoms with Crippen LogP contribution in [0.25, 0.3) is 0 Å². The standard InChI is InChI=1S/C16H31N5/c1-5-6-9-20-10-7-14(8-11-20)17-12-15-13-21(19-18-15)16(2,3)4/h13-14,17H,5-12H2,1-4H3. The van der Waals surface area contributed by atoms with Crippen molar-refractivity contribution in [3.63, 3.8) is 0 Å². The van der Waals surface area contributed by atoms with Gasteiger partial charge in [-0.25, -0.2) is 4.68 Å². The van der Waals surface area contributed by atoms with Crippen molar-refractivity contribution >= 4 is 0 Å². The number of nitrogens with one attached hydrogen (secondary N) is 1. The highest BCUT2D eigenvalue weighted by molar-refractivity contribution is 4.95. The Kier molecular flexibility index (Phi) is 5.76. The van der Waals surface area contributed by atoms with Crippen LogP contribution in [0.3, 0.4) is 0 Å². The average Bonchev–Trinajstić information content (AvgIpc) is 2.93. The van der Waals surface area contributed by atoms with Crippen LogP contribution in [-0.2, 0) is 12.1 Å². The first-order valence-electron chi connectivity index (χ1n) is 8.36. The van der Waals surface area contributed by atoms with Gasteiger partial charge in [0.05, 0.1) is 17.4 Å². The van der Waals surface area contributed by atoms with E-state index in [9.17, 15) is 0 Å². The van der Waals surface area contributed by atoms with Crippen molar-refractivity contribution in [2.24, 2.45) is 0 Å². The van der Waals surface area contributed by atoms with Crippen molar-refractivity contribution in [2.45, 2.75) is 71.5 Å². The predicted molar refractivity (Wildman–Crippen MR) is 86.2 cm³/mol. The molecule has 0 aromatic carbocycles. The normalized spacial score (nSPS) is 18.3. The number of piperidine rings is 1. The lowest BCUT2D eigenvalue weighted by Crippen LogP contribution is -2.42. The van der Waals surface area contributed by atoms with Crippen molar-refractivity contribution < 1.29 is 0 Å². The van der Waals surface area contributed by atoms with Crippen LogP contribution in [0, 0.1) is 0 Å². The van der Waals surface area contributed by atoms with Crippen LogP contribution in [0.2, 0.25) is 0 Å². The zero-order chi connectivity index (χ0) is 15.3. The molecule has 5 heteroatoms. The van der Waals surface area contributed by atoms with Crippen LogP contribution >= 0.6 is 0 Å². The maximum Gasteiger partial charge on any atom is 0.0965 e. The Bertz CT molecular complexity index is 413. The van der Waals surface area contributed by atoms with Gasteiger partial charge in [0.15, 0.2) is 0 Å². The lowest BCUT2D eigenvalue weighted by atomic mass is 10.0. The third kappa shape index (κ3) is 5.08. The van der Waals surface area contributed by atoms with Crippen molar-refractivity contribution in [1.29, 1.82) is 0 Å². The van der Waals surface area contributed by atoms with Gasteiger partial charge in [-0.3, -0.25) is 0 Å². The Morgan fingerprint density at radius 2 is 2.00 bits per heavy atom. The molecule has 1 fully saturated rings. The molecule has 1 aliphatic rings. The fourth-order valence-electron chi connectivity index (χ4n) is 2.70. The van der Waals surface area contributed by atoms with E-state index in [1.165, 1.54) is 45.3 Å². The first kappa shape index (κ1) is 16.4. The van der Waals surface area contributed by atoms with Crippen LogP contribution in [0.15, 0.2) is 6.20 Å². The summed E-state index contributed by atoms with van der Waals surface area (Å²) in [5.74, 6) is 0. The van der Waals surface area contributed by atoms with E-state index in [2.05, 4.69) is 54.4 Å². The molecule has 1 aromatic rings. The topological polar surface area (TPSA) is 46.0 Å². The molecule has 0 amide bonds. The number of hydrogen-bond acceptors (Lipinski definition) is 4. The minimum atomic E-state index is 0.00979. The zero-order valence-electron chi connectivity index (χ0n) is 14.1. The van der Waals surface area contributed by atoms with E-state index in [4.69, 9.17) is 0 Å². The fourth-order valence-corrected chi connectivity index (χ4v) is 2.70. The summed E-state index contributed by atoms with van der Waals surface area (Å²) in [5.41, 5.74) is 1.05. The second kappa shape index (κ2) is 7.36. The molecule has 1 saturated heterocycles. The molecule has 21 heavy (non-hydrogen) atoms. The average molecular weight is 293 g/mol. The monoisotopic (exact) mass is 293 g/mol. The van der Waals surface area contributed by atoms with Crippen LogP contribution in [0.5, 0.6) is 0 Å². The highest BCUT2D eigenvalue weighted by Crippen LogP contribution is 2.13. The molecule has 0 saturated carbocycles. The van der Waals surface area contributed by atoms with E-state index in [1.54, 1.807) is 0 Å². The number of likely N-dealkylation sites (tertiary alicyclic amines) is 1. The van der Waals surface area contributed by atoms with Gasteiger partial charge in [-0.15, -0.1) is 5.10 Å². The van der Waals surface area contributed by atoms with E-state index in [0.717, 1.165) is 12.2 Å². The zero-order valence-corrected chi connectivity index (χ0v) is 14.1. The number of unbranched alkanes of at least 4 members (excludes halogenated alkanes) is 1. The Morgan fingerprint density at radius 1 is 1.29 bits per heavy atom. The molecule has 5 nitrogen and oxygen atoms in total. The van der Waals surface area contributed by atoms with Gasteiger partial charge in [-0.2, -0.15) is 0 Å². The summed E-state index contributed by atoms with van der Waals surface area (Å²) in [5, 5.41) is 12.1. The first-order chi connectivity index (χ1) is 9.99. The third-order valence-electron chi connectivity index (χ3n) is 4.22. The van der Waals surface area contributed by atoms with E-state index in [0.29, 0.717) is 6.04 Å². The molecule has 0 unspecified atom stereocenters. The summed E-state index contributed by atoms with van der Waals surface area (Å²) in [7, 11) is 0. The number of nitrogens with zero attached hydrogens (tertiary/aromatic N) is 4. The van der Waals surface area contributed by atoms with Gasteiger partial charge < -0.3 is 10.2 Å². The highest BCUT2D eigenvalue weighted by atomic mass is 15.4. The maximum atomic E-state index is 4.26. The minimum absolute atomic E-state index is 0.00979. The molecular weight excluding hydrogens is 262 g/mol. The smallest absolute Gasteiger partial charge is 0.0965 e. The molecule has 1 aliphatic heterocycles. The Balaban J connectivity index is 1.71. The van der Waals surface area contributed by atoms with Gasteiger partial charge in [-0.05, 0) is 59.7 Å². The van der Waals surface area contributed by atoms with Crippen LogP contribution in [-0.4, -0.2) is 45.6 Å². The van der Waals surface area contributed by atoms with Crippen LogP contribution in [0.4, 0.5) is 0 Å². The van der Waals surface area contributed by atoms with Gasteiger partial charge in [-0.1, -0.05) is 18.6 Å². The van der Waals surface area contributed by atoms with Gasteiger partial charge in [0.2, 0.25) is 0 Å². The summed E-state index contributed by atoms with van der Waals surface area (Å²) in [4.78, 5) is 2.59. The summed E-state index contributed by atoms with van der Waals surface area (Å²) >= 11 is 0. The Hall–Kier alpha value is -0.940. The Labute approximate surface area is 129 Å². The first-order valence-corrected chi connectivity index (χ1v) is 8.36. The van der Waals surface area contributed by atoms with Crippen molar-refractivity contribution in [2.75, 3.05) is 19.6 Å². The quantitative estimate of drug-likeness (QED) is 0.875. The summed E-state index contributed by atoms with van der Waals surface area (Å²) in [6.45, 7) is 13.2. The largest absolute Gasteiger partial charge is 0.308 e. The van der Waals surface area contributed by atoms with Crippen molar-refractivity contribution in [1.82, 2.24) is 25.2 Å². The molecule has 2 rings (SSSR count). The molecular formula is C16H31N5. The fraction of sp³-hybridized carbons (Fsp3) is 0.875. The maximum absolute atomic E-state index is 4.26. The number of hydrogen-bond donors (Lipinski definition) is 1. The van der Waals surface area contributed by atoms with E-state index in [1.807, 2.05) is 4.68 Å². The molecule has 0 aliphatic carbocycles. The van der Waals surface area contributed by atoms with Gasteiger partial charge >= 0.3 is 0 Å². The van der Waals surface area contributed by atoms with Crippen molar-refractivity contribution in [3.8, 4) is 0 Å². The second-order valence-corrected chi connectivity index (χ2v) is 7.18. The Morgan fingerprint density at radius 3 is 2.57 bits per heavy atom. The number of aromatic nitrogens is 3. The van der Waals surface area contributed by atoms with Gasteiger partial charge in [0, 0.05) is 12.6 Å². The van der Waals surface area contributed by atoms with Gasteiger partial charge in [0.1, 0.15) is 0 Å². The third-order valence-corrected chi connectivity index (χ3v) is 4.22. The summed E-state index contributed by atoms with van der Waals surface area (Å²) in [6, 6.07) is 0.627. The predicted octanol–water partition coefficient (Wildman–Crippen LogP) is 2.39. The molecule has 0 bridgehead atoms. The molecule has 0 atom stereocenters. The lowest BCUT2D eigenvalue weighted by molar-refractivity contribution is 0.194. The molecule has 120 valence electrons. The summed E-state index contributed by atoms with van der Waals surface area (Å²) in [6.07, 6.45) is 7.17. The highest BCUT2D eigenvalue weighted by Gasteiger charge is 2.19. The second-order valence-electron chi connectivity index (χ2n) is 7.18. The molecule has 1 N–H and O–H groups in total.